The second-order valence-corrected chi connectivity index (χ2v) is 9.46. The van der Waals surface area contributed by atoms with Crippen LogP contribution in [0.4, 0.5) is 11.4 Å². The van der Waals surface area contributed by atoms with Crippen molar-refractivity contribution in [2.45, 2.75) is 60.5 Å². The summed E-state index contributed by atoms with van der Waals surface area (Å²) in [6, 6.07) is 5.93. The van der Waals surface area contributed by atoms with E-state index in [1.165, 1.54) is 7.11 Å². The summed E-state index contributed by atoms with van der Waals surface area (Å²) in [7, 11) is 5.49. The zero-order valence-electron chi connectivity index (χ0n) is 19.6. The molecule has 164 valence electrons. The standard InChI is InChI=1S/C23H39N3O3/c1-16(2)17(3)26(22(28)15-29-9)14-18-12-19(10-11-20(18)25(7)8)24-21(27)13-23(4,5)6/h10-12,16-17H,13-15H2,1-9H3,(H,24,27). The minimum atomic E-state index is -0.0768. The maximum Gasteiger partial charge on any atom is 0.249 e. The van der Waals surface area contributed by atoms with Gasteiger partial charge in [-0.3, -0.25) is 9.59 Å². The Kier molecular flexibility index (Phi) is 9.14. The van der Waals surface area contributed by atoms with Gasteiger partial charge in [0.05, 0.1) is 0 Å². The normalized spacial score (nSPS) is 12.6. The van der Waals surface area contributed by atoms with Crippen molar-refractivity contribution in [3.8, 4) is 0 Å². The molecule has 0 saturated heterocycles. The molecule has 0 aliphatic rings. The number of anilines is 2. The van der Waals surface area contributed by atoms with Gasteiger partial charge in [0.25, 0.3) is 0 Å². The van der Waals surface area contributed by atoms with E-state index in [0.717, 1.165) is 16.9 Å². The summed E-state index contributed by atoms with van der Waals surface area (Å²) in [5, 5.41) is 3.00. The molecule has 1 aromatic rings. The SMILES string of the molecule is COCC(=O)N(Cc1cc(NC(=O)CC(C)(C)C)ccc1N(C)C)C(C)C(C)C. The number of nitrogens with one attached hydrogen (secondary N) is 1. The van der Waals surface area contributed by atoms with Crippen LogP contribution in [0.5, 0.6) is 0 Å². The number of carbonyl (C=O) groups is 2. The van der Waals surface area contributed by atoms with Crippen LogP contribution in [0.2, 0.25) is 0 Å². The minimum Gasteiger partial charge on any atom is -0.377 e. The number of benzene rings is 1. The molecule has 0 radical (unpaired) electrons. The highest BCUT2D eigenvalue weighted by molar-refractivity contribution is 5.91. The number of nitrogens with zero attached hydrogens (tertiary/aromatic N) is 2. The third-order valence-electron chi connectivity index (χ3n) is 4.92. The van der Waals surface area contributed by atoms with Crippen molar-refractivity contribution in [3.63, 3.8) is 0 Å². The van der Waals surface area contributed by atoms with Crippen LogP contribution in [0.25, 0.3) is 0 Å². The monoisotopic (exact) mass is 405 g/mol. The molecule has 0 aliphatic heterocycles. The molecule has 0 aliphatic carbocycles. The van der Waals surface area contributed by atoms with Gasteiger partial charge in [-0.25, -0.2) is 0 Å². The van der Waals surface area contributed by atoms with Crippen LogP contribution >= 0.6 is 0 Å². The van der Waals surface area contributed by atoms with E-state index in [1.807, 2.05) is 62.9 Å². The minimum absolute atomic E-state index is 0.0103. The Morgan fingerprint density at radius 2 is 1.76 bits per heavy atom. The lowest BCUT2D eigenvalue weighted by atomic mass is 9.92. The summed E-state index contributed by atoms with van der Waals surface area (Å²) in [5.41, 5.74) is 2.67. The van der Waals surface area contributed by atoms with Gasteiger partial charge < -0.3 is 19.9 Å². The van der Waals surface area contributed by atoms with Crippen molar-refractivity contribution < 1.29 is 14.3 Å². The third-order valence-corrected chi connectivity index (χ3v) is 4.92. The van der Waals surface area contributed by atoms with Gasteiger partial charge in [0.1, 0.15) is 6.61 Å². The van der Waals surface area contributed by atoms with Gasteiger partial charge >= 0.3 is 0 Å². The average Bonchev–Trinajstić information content (AvgIpc) is 2.57. The first kappa shape index (κ1) is 25.0. The number of carbonyl (C=O) groups excluding carboxylic acids is 2. The molecule has 1 unspecified atom stereocenters. The quantitative estimate of drug-likeness (QED) is 0.670. The predicted octanol–water partition coefficient (Wildman–Crippen LogP) is 4.15. The molecule has 29 heavy (non-hydrogen) atoms. The summed E-state index contributed by atoms with van der Waals surface area (Å²) in [4.78, 5) is 29.0. The Hall–Kier alpha value is -2.08. The molecule has 6 nitrogen and oxygen atoms in total. The van der Waals surface area contributed by atoms with E-state index in [4.69, 9.17) is 4.74 Å². The molecular weight excluding hydrogens is 366 g/mol. The molecule has 1 atom stereocenters. The first-order valence-electron chi connectivity index (χ1n) is 10.2. The Morgan fingerprint density at radius 3 is 2.24 bits per heavy atom. The molecule has 1 N–H and O–H groups in total. The summed E-state index contributed by atoms with van der Waals surface area (Å²) >= 11 is 0. The van der Waals surface area contributed by atoms with Crippen molar-refractivity contribution in [1.82, 2.24) is 4.90 Å². The van der Waals surface area contributed by atoms with Crippen molar-refractivity contribution in [2.75, 3.05) is 38.0 Å². The number of hydrogen-bond acceptors (Lipinski definition) is 4. The molecule has 6 heteroatoms. The fourth-order valence-electron chi connectivity index (χ4n) is 3.12. The summed E-state index contributed by atoms with van der Waals surface area (Å²) < 4.78 is 5.09. The van der Waals surface area contributed by atoms with Gasteiger partial charge in [-0.15, -0.1) is 0 Å². The van der Waals surface area contributed by atoms with E-state index in [2.05, 4.69) is 26.1 Å². The van der Waals surface area contributed by atoms with Gasteiger partial charge in [-0.1, -0.05) is 34.6 Å². The average molecular weight is 406 g/mol. The Labute approximate surface area is 176 Å². The Balaban J connectivity index is 3.20. The molecule has 0 heterocycles. The van der Waals surface area contributed by atoms with E-state index in [1.54, 1.807) is 0 Å². The van der Waals surface area contributed by atoms with Gasteiger partial charge in [-0.05, 0) is 42.0 Å². The topological polar surface area (TPSA) is 61.9 Å². The maximum atomic E-state index is 12.7. The highest BCUT2D eigenvalue weighted by Crippen LogP contribution is 2.27. The van der Waals surface area contributed by atoms with E-state index in [-0.39, 0.29) is 29.9 Å². The smallest absolute Gasteiger partial charge is 0.249 e. The van der Waals surface area contributed by atoms with Crippen LogP contribution in [0.1, 0.15) is 53.5 Å². The van der Waals surface area contributed by atoms with Crippen molar-refractivity contribution >= 4 is 23.2 Å². The van der Waals surface area contributed by atoms with Crippen LogP contribution in [-0.2, 0) is 20.9 Å². The van der Waals surface area contributed by atoms with E-state index in [0.29, 0.717) is 18.9 Å². The molecule has 2 amide bonds. The Bertz CT molecular complexity index is 693. The molecule has 0 aromatic heterocycles. The first-order valence-corrected chi connectivity index (χ1v) is 10.2. The van der Waals surface area contributed by atoms with Crippen LogP contribution < -0.4 is 10.2 Å². The molecular formula is C23H39N3O3. The highest BCUT2D eigenvalue weighted by atomic mass is 16.5. The molecule has 1 aromatic carbocycles. The van der Waals surface area contributed by atoms with E-state index >= 15 is 0 Å². The highest BCUT2D eigenvalue weighted by Gasteiger charge is 2.24. The van der Waals surface area contributed by atoms with Crippen LogP contribution in [0, 0.1) is 11.3 Å². The Morgan fingerprint density at radius 1 is 1.14 bits per heavy atom. The van der Waals surface area contributed by atoms with E-state index in [9.17, 15) is 9.59 Å². The van der Waals surface area contributed by atoms with Gasteiger partial charge in [0.15, 0.2) is 0 Å². The number of hydrogen-bond donors (Lipinski definition) is 1. The number of methoxy groups -OCH3 is 1. The summed E-state index contributed by atoms with van der Waals surface area (Å²) in [6.07, 6.45) is 0.445. The lowest BCUT2D eigenvalue weighted by Gasteiger charge is -2.33. The fourth-order valence-corrected chi connectivity index (χ4v) is 3.12. The van der Waals surface area contributed by atoms with Crippen LogP contribution in [-0.4, -0.2) is 50.6 Å². The van der Waals surface area contributed by atoms with Crippen LogP contribution in [0.15, 0.2) is 18.2 Å². The largest absolute Gasteiger partial charge is 0.377 e. The van der Waals surface area contributed by atoms with Gasteiger partial charge in [0.2, 0.25) is 11.8 Å². The maximum absolute atomic E-state index is 12.7. The third kappa shape index (κ3) is 8.05. The zero-order valence-corrected chi connectivity index (χ0v) is 19.6. The predicted molar refractivity (Wildman–Crippen MR) is 120 cm³/mol. The van der Waals surface area contributed by atoms with Gasteiger partial charge in [0, 0.05) is 51.6 Å². The fraction of sp³-hybridized carbons (Fsp3) is 0.652. The van der Waals surface area contributed by atoms with Gasteiger partial charge in [-0.2, -0.15) is 0 Å². The molecule has 0 saturated carbocycles. The molecule has 0 fully saturated rings. The number of ether oxygens (including phenoxy) is 1. The number of amides is 2. The van der Waals surface area contributed by atoms with Crippen molar-refractivity contribution in [3.05, 3.63) is 23.8 Å². The molecule has 1 rings (SSSR count). The van der Waals surface area contributed by atoms with Crippen molar-refractivity contribution in [1.29, 1.82) is 0 Å². The summed E-state index contributed by atoms with van der Waals surface area (Å²) in [6.45, 7) is 12.9. The van der Waals surface area contributed by atoms with Crippen molar-refractivity contribution in [2.24, 2.45) is 11.3 Å². The second kappa shape index (κ2) is 10.6. The van der Waals surface area contributed by atoms with E-state index < -0.39 is 0 Å². The summed E-state index contributed by atoms with van der Waals surface area (Å²) in [5.74, 6) is 0.262. The number of rotatable bonds is 9. The second-order valence-electron chi connectivity index (χ2n) is 9.46. The molecule has 0 bridgehead atoms. The first-order chi connectivity index (χ1) is 13.4. The zero-order chi connectivity index (χ0) is 22.4. The lowest BCUT2D eigenvalue weighted by Crippen LogP contribution is -2.43. The molecule has 0 spiro atoms. The lowest BCUT2D eigenvalue weighted by molar-refractivity contribution is -0.138. The van der Waals surface area contributed by atoms with Crippen LogP contribution in [0.3, 0.4) is 0 Å².